The first-order chi connectivity index (χ1) is 11.1. The van der Waals surface area contributed by atoms with Crippen LogP contribution in [-0.2, 0) is 11.3 Å². The molecule has 1 amide bonds. The summed E-state index contributed by atoms with van der Waals surface area (Å²) in [5, 5.41) is 3.07. The van der Waals surface area contributed by atoms with Gasteiger partial charge in [-0.1, -0.05) is 31.0 Å². The number of nitrogens with one attached hydrogen (secondary N) is 1. The summed E-state index contributed by atoms with van der Waals surface area (Å²) in [5.74, 6) is 1.60. The van der Waals surface area contributed by atoms with Crippen LogP contribution in [0.3, 0.4) is 0 Å². The van der Waals surface area contributed by atoms with E-state index in [1.165, 1.54) is 12.8 Å². The van der Waals surface area contributed by atoms with Gasteiger partial charge in [-0.15, -0.1) is 0 Å². The van der Waals surface area contributed by atoms with Crippen molar-refractivity contribution >= 4 is 5.91 Å². The summed E-state index contributed by atoms with van der Waals surface area (Å²) in [6.07, 6.45) is 6.57. The van der Waals surface area contributed by atoms with Gasteiger partial charge in [-0.05, 0) is 44.6 Å². The Bertz CT molecular complexity index is 552. The van der Waals surface area contributed by atoms with Gasteiger partial charge >= 0.3 is 0 Å². The second kappa shape index (κ2) is 6.91. The lowest BCUT2D eigenvalue weighted by molar-refractivity contribution is -0.128. The Labute approximate surface area is 138 Å². The molecule has 23 heavy (non-hydrogen) atoms. The van der Waals surface area contributed by atoms with Crippen molar-refractivity contribution in [3.05, 3.63) is 29.8 Å². The average molecular weight is 316 g/mol. The van der Waals surface area contributed by atoms with Crippen LogP contribution in [0.25, 0.3) is 0 Å². The van der Waals surface area contributed by atoms with Crippen molar-refractivity contribution in [2.45, 2.75) is 57.5 Å². The third-order valence-corrected chi connectivity index (χ3v) is 5.17. The first kappa shape index (κ1) is 16.3. The Balaban J connectivity index is 1.57. The molecular weight excluding hydrogens is 288 g/mol. The Kier molecular flexibility index (Phi) is 4.90. The lowest BCUT2D eigenvalue weighted by atomic mass is 9.74. The van der Waals surface area contributed by atoms with Crippen LogP contribution in [-0.4, -0.2) is 18.1 Å². The number of carbonyl (C=O) groups is 1. The summed E-state index contributed by atoms with van der Waals surface area (Å²) < 4.78 is 5.90. The van der Waals surface area contributed by atoms with Crippen LogP contribution >= 0.6 is 0 Å². The predicted octanol–water partition coefficient (Wildman–Crippen LogP) is 3.00. The summed E-state index contributed by atoms with van der Waals surface area (Å²) in [4.78, 5) is 12.5. The minimum atomic E-state index is -0.385. The van der Waals surface area contributed by atoms with Crippen molar-refractivity contribution in [1.82, 2.24) is 5.32 Å². The average Bonchev–Trinajstić information content (AvgIpc) is 3.35. The molecule has 2 unspecified atom stereocenters. The molecule has 2 fully saturated rings. The zero-order valence-corrected chi connectivity index (χ0v) is 14.0. The quantitative estimate of drug-likeness (QED) is 0.848. The maximum absolute atomic E-state index is 12.5. The van der Waals surface area contributed by atoms with Gasteiger partial charge < -0.3 is 15.8 Å². The van der Waals surface area contributed by atoms with Crippen LogP contribution < -0.4 is 15.8 Å². The largest absolute Gasteiger partial charge is 0.493 e. The lowest BCUT2D eigenvalue weighted by Gasteiger charge is -2.37. The second-order valence-electron chi connectivity index (χ2n) is 7.38. The van der Waals surface area contributed by atoms with Gasteiger partial charge in [0.05, 0.1) is 12.5 Å². The molecule has 126 valence electrons. The van der Waals surface area contributed by atoms with Gasteiger partial charge in [0, 0.05) is 17.6 Å². The Morgan fingerprint density at radius 1 is 1.30 bits per heavy atom. The van der Waals surface area contributed by atoms with Gasteiger partial charge in [0.25, 0.3) is 0 Å². The van der Waals surface area contributed by atoms with Crippen molar-refractivity contribution in [2.75, 3.05) is 6.61 Å². The maximum atomic E-state index is 12.5. The number of hydrogen-bond acceptors (Lipinski definition) is 3. The highest BCUT2D eigenvalue weighted by atomic mass is 16.5. The molecule has 3 N–H and O–H groups in total. The normalized spacial score (nSPS) is 27.5. The highest BCUT2D eigenvalue weighted by molar-refractivity contribution is 5.80. The van der Waals surface area contributed by atoms with E-state index in [1.807, 2.05) is 31.2 Å². The van der Waals surface area contributed by atoms with Gasteiger partial charge in [-0.2, -0.15) is 0 Å². The van der Waals surface area contributed by atoms with Crippen LogP contribution in [0.1, 0.15) is 51.0 Å². The summed E-state index contributed by atoms with van der Waals surface area (Å²) in [6.45, 7) is 3.30. The molecule has 0 bridgehead atoms. The Hall–Kier alpha value is -1.55. The summed E-state index contributed by atoms with van der Waals surface area (Å²) in [6, 6.07) is 7.97. The van der Waals surface area contributed by atoms with Crippen molar-refractivity contribution in [3.8, 4) is 5.75 Å². The zero-order chi connectivity index (χ0) is 16.3. The molecule has 1 aromatic rings. The molecule has 1 aromatic carbocycles. The Morgan fingerprint density at radius 3 is 2.83 bits per heavy atom. The fourth-order valence-corrected chi connectivity index (χ4v) is 3.38. The summed E-state index contributed by atoms with van der Waals surface area (Å²) in [5.41, 5.74) is 6.98. The number of nitrogens with two attached hydrogens (primary N) is 1. The SMILES string of the molecule is CC1(N)CCCCC1C(=O)NCc1ccccc1OCC1CC1. The third kappa shape index (κ3) is 4.25. The maximum Gasteiger partial charge on any atom is 0.225 e. The van der Waals surface area contributed by atoms with Crippen LogP contribution in [0.15, 0.2) is 24.3 Å². The molecule has 4 nitrogen and oxygen atoms in total. The van der Waals surface area contributed by atoms with E-state index in [1.54, 1.807) is 0 Å². The molecule has 4 heteroatoms. The number of rotatable bonds is 6. The molecule has 2 aliphatic carbocycles. The molecular formula is C19H28N2O2. The summed E-state index contributed by atoms with van der Waals surface area (Å²) in [7, 11) is 0. The van der Waals surface area contributed by atoms with E-state index in [-0.39, 0.29) is 17.4 Å². The van der Waals surface area contributed by atoms with Crippen LogP contribution in [0.5, 0.6) is 5.75 Å². The van der Waals surface area contributed by atoms with E-state index >= 15 is 0 Å². The first-order valence-corrected chi connectivity index (χ1v) is 8.83. The lowest BCUT2D eigenvalue weighted by Crippen LogP contribution is -2.52. The smallest absolute Gasteiger partial charge is 0.225 e. The van der Waals surface area contributed by atoms with Gasteiger partial charge in [0.1, 0.15) is 5.75 Å². The number of ether oxygens (including phenoxy) is 1. The van der Waals surface area contributed by atoms with Gasteiger partial charge in [-0.3, -0.25) is 4.79 Å². The number of benzene rings is 1. The van der Waals surface area contributed by atoms with Gasteiger partial charge in [0.15, 0.2) is 0 Å². The molecule has 2 aliphatic rings. The monoisotopic (exact) mass is 316 g/mol. The van der Waals surface area contributed by atoms with Crippen molar-refractivity contribution < 1.29 is 9.53 Å². The number of hydrogen-bond donors (Lipinski definition) is 2. The second-order valence-corrected chi connectivity index (χ2v) is 7.38. The number of para-hydroxylation sites is 1. The van der Waals surface area contributed by atoms with E-state index in [9.17, 15) is 4.79 Å². The molecule has 2 atom stereocenters. The molecule has 0 heterocycles. The van der Waals surface area contributed by atoms with Crippen molar-refractivity contribution in [3.63, 3.8) is 0 Å². The zero-order valence-electron chi connectivity index (χ0n) is 14.0. The fraction of sp³-hybridized carbons (Fsp3) is 0.632. The standard InChI is InChI=1S/C19H28N2O2/c1-19(20)11-5-4-7-16(19)18(22)21-12-15-6-2-3-8-17(15)23-13-14-9-10-14/h2-3,6,8,14,16H,4-5,7,9-13,20H2,1H3,(H,21,22). The molecule has 0 saturated heterocycles. The fourth-order valence-electron chi connectivity index (χ4n) is 3.38. The van der Waals surface area contributed by atoms with E-state index in [0.29, 0.717) is 6.54 Å². The summed E-state index contributed by atoms with van der Waals surface area (Å²) >= 11 is 0. The molecule has 0 aromatic heterocycles. The van der Waals surface area contributed by atoms with E-state index < -0.39 is 0 Å². The van der Waals surface area contributed by atoms with Crippen molar-refractivity contribution in [1.29, 1.82) is 0 Å². The Morgan fingerprint density at radius 2 is 2.09 bits per heavy atom. The minimum Gasteiger partial charge on any atom is -0.493 e. The van der Waals surface area contributed by atoms with Crippen LogP contribution in [0.4, 0.5) is 0 Å². The number of amides is 1. The molecule has 3 rings (SSSR count). The van der Waals surface area contributed by atoms with Crippen LogP contribution in [0, 0.1) is 11.8 Å². The van der Waals surface area contributed by atoms with E-state index in [0.717, 1.165) is 49.5 Å². The van der Waals surface area contributed by atoms with Gasteiger partial charge in [0.2, 0.25) is 5.91 Å². The van der Waals surface area contributed by atoms with E-state index in [2.05, 4.69) is 5.32 Å². The topological polar surface area (TPSA) is 64.4 Å². The minimum absolute atomic E-state index is 0.0756. The molecule has 0 aliphatic heterocycles. The van der Waals surface area contributed by atoms with E-state index in [4.69, 9.17) is 10.5 Å². The first-order valence-electron chi connectivity index (χ1n) is 8.83. The highest BCUT2D eigenvalue weighted by Crippen LogP contribution is 2.32. The highest BCUT2D eigenvalue weighted by Gasteiger charge is 2.37. The molecule has 2 saturated carbocycles. The number of carbonyl (C=O) groups excluding carboxylic acids is 1. The molecule has 0 spiro atoms. The van der Waals surface area contributed by atoms with Crippen molar-refractivity contribution in [2.24, 2.45) is 17.6 Å². The third-order valence-electron chi connectivity index (χ3n) is 5.17. The van der Waals surface area contributed by atoms with Crippen LogP contribution in [0.2, 0.25) is 0 Å². The molecule has 0 radical (unpaired) electrons. The van der Waals surface area contributed by atoms with Gasteiger partial charge in [-0.25, -0.2) is 0 Å². The predicted molar refractivity (Wildman–Crippen MR) is 91.1 cm³/mol.